The lowest BCUT2D eigenvalue weighted by atomic mass is 9.97. The van der Waals surface area contributed by atoms with Gasteiger partial charge in [-0.1, -0.05) is 11.6 Å². The van der Waals surface area contributed by atoms with E-state index in [9.17, 15) is 14.4 Å². The van der Waals surface area contributed by atoms with E-state index in [-0.39, 0.29) is 22.4 Å². The van der Waals surface area contributed by atoms with Gasteiger partial charge in [-0.25, -0.2) is 9.59 Å². The molecule has 0 bridgehead atoms. The molecule has 2 N–H and O–H groups in total. The van der Waals surface area contributed by atoms with E-state index >= 15 is 0 Å². The molecule has 1 aliphatic carbocycles. The summed E-state index contributed by atoms with van der Waals surface area (Å²) < 4.78 is 9.85. The highest BCUT2D eigenvalue weighted by atomic mass is 35.5. The molecular formula is C18H20ClNO6. The van der Waals surface area contributed by atoms with Crippen molar-refractivity contribution in [2.75, 3.05) is 5.32 Å². The van der Waals surface area contributed by atoms with E-state index in [4.69, 9.17) is 26.2 Å². The first-order valence-electron chi connectivity index (χ1n) is 8.22. The molecule has 1 aromatic rings. The Hall–Kier alpha value is -2.54. The third kappa shape index (κ3) is 5.23. The molecule has 0 saturated heterocycles. The quantitative estimate of drug-likeness (QED) is 0.734. The van der Waals surface area contributed by atoms with Gasteiger partial charge in [-0.2, -0.15) is 0 Å². The van der Waals surface area contributed by atoms with E-state index in [1.807, 2.05) is 0 Å². The SMILES string of the molecule is CC(C)OC(=O)c1cc(NC(=O)C2=C(OC(=O)O)CCCC2)ccc1Cl. The van der Waals surface area contributed by atoms with E-state index in [0.717, 1.165) is 12.8 Å². The molecule has 0 fully saturated rings. The summed E-state index contributed by atoms with van der Waals surface area (Å²) in [7, 11) is 0. The summed E-state index contributed by atoms with van der Waals surface area (Å²) in [6, 6.07) is 4.46. The standard InChI is InChI=1S/C18H20ClNO6/c1-10(2)25-17(22)13-9-11(7-8-14(13)19)20-16(21)12-5-3-4-6-15(12)26-18(23)24/h7-10H,3-6H2,1-2H3,(H,20,21)(H,23,24). The lowest BCUT2D eigenvalue weighted by molar-refractivity contribution is -0.113. The van der Waals surface area contributed by atoms with Crippen LogP contribution in [0.1, 0.15) is 49.9 Å². The van der Waals surface area contributed by atoms with E-state index in [1.54, 1.807) is 19.9 Å². The van der Waals surface area contributed by atoms with Crippen LogP contribution in [0.3, 0.4) is 0 Å². The number of rotatable bonds is 5. The summed E-state index contributed by atoms with van der Waals surface area (Å²) in [5.74, 6) is -0.894. The second-order valence-electron chi connectivity index (χ2n) is 6.08. The predicted octanol–water partition coefficient (Wildman–Crippen LogP) is 4.37. The van der Waals surface area contributed by atoms with Crippen LogP contribution < -0.4 is 5.32 Å². The van der Waals surface area contributed by atoms with Gasteiger partial charge < -0.3 is 19.9 Å². The van der Waals surface area contributed by atoms with Crippen LogP contribution in [-0.2, 0) is 14.3 Å². The molecule has 0 radical (unpaired) electrons. The average Bonchev–Trinajstić information content (AvgIpc) is 2.55. The molecule has 7 nitrogen and oxygen atoms in total. The number of benzene rings is 1. The number of hydrogen-bond acceptors (Lipinski definition) is 5. The fourth-order valence-electron chi connectivity index (χ4n) is 2.58. The Bertz CT molecular complexity index is 756. The number of nitrogens with one attached hydrogen (secondary N) is 1. The highest BCUT2D eigenvalue weighted by Crippen LogP contribution is 2.28. The zero-order valence-electron chi connectivity index (χ0n) is 14.5. The molecule has 1 aromatic carbocycles. The van der Waals surface area contributed by atoms with Crippen LogP contribution >= 0.6 is 11.6 Å². The summed E-state index contributed by atoms with van der Waals surface area (Å²) in [5, 5.41) is 11.7. The summed E-state index contributed by atoms with van der Waals surface area (Å²) in [5.41, 5.74) is 0.778. The molecule has 8 heteroatoms. The van der Waals surface area contributed by atoms with Crippen molar-refractivity contribution >= 4 is 35.3 Å². The Morgan fingerprint density at radius 2 is 1.88 bits per heavy atom. The molecule has 2 rings (SSSR count). The largest absolute Gasteiger partial charge is 0.511 e. The molecule has 0 atom stereocenters. The van der Waals surface area contributed by atoms with Gasteiger partial charge >= 0.3 is 12.1 Å². The molecular weight excluding hydrogens is 362 g/mol. The number of amides is 1. The van der Waals surface area contributed by atoms with Crippen LogP contribution in [0.5, 0.6) is 0 Å². The van der Waals surface area contributed by atoms with Crippen molar-refractivity contribution in [3.05, 3.63) is 40.1 Å². The van der Waals surface area contributed by atoms with Gasteiger partial charge in [0.05, 0.1) is 22.3 Å². The van der Waals surface area contributed by atoms with Gasteiger partial charge in [0.15, 0.2) is 0 Å². The van der Waals surface area contributed by atoms with Crippen molar-refractivity contribution in [3.8, 4) is 0 Å². The first kappa shape index (κ1) is 19.8. The monoisotopic (exact) mass is 381 g/mol. The molecule has 0 heterocycles. The van der Waals surface area contributed by atoms with Gasteiger partial charge in [0, 0.05) is 12.1 Å². The van der Waals surface area contributed by atoms with Crippen LogP contribution in [0.4, 0.5) is 10.5 Å². The first-order chi connectivity index (χ1) is 12.3. The van der Waals surface area contributed by atoms with Gasteiger partial charge in [-0.15, -0.1) is 0 Å². The molecule has 0 aromatic heterocycles. The fourth-order valence-corrected chi connectivity index (χ4v) is 2.77. The van der Waals surface area contributed by atoms with Gasteiger partial charge in [0.25, 0.3) is 5.91 Å². The zero-order valence-corrected chi connectivity index (χ0v) is 15.3. The van der Waals surface area contributed by atoms with Crippen molar-refractivity contribution in [2.45, 2.75) is 45.6 Å². The van der Waals surface area contributed by atoms with Crippen LogP contribution in [0.15, 0.2) is 29.5 Å². The van der Waals surface area contributed by atoms with Gasteiger partial charge in [0.2, 0.25) is 0 Å². The second kappa shape index (κ2) is 8.71. The van der Waals surface area contributed by atoms with E-state index in [2.05, 4.69) is 5.32 Å². The number of anilines is 1. The third-order valence-electron chi connectivity index (χ3n) is 3.69. The highest BCUT2D eigenvalue weighted by molar-refractivity contribution is 6.33. The number of allylic oxidation sites excluding steroid dienone is 1. The van der Waals surface area contributed by atoms with Crippen molar-refractivity contribution in [1.82, 2.24) is 0 Å². The van der Waals surface area contributed by atoms with Crippen molar-refractivity contribution in [2.24, 2.45) is 0 Å². The van der Waals surface area contributed by atoms with Crippen molar-refractivity contribution in [3.63, 3.8) is 0 Å². The number of ether oxygens (including phenoxy) is 2. The van der Waals surface area contributed by atoms with Crippen LogP contribution in [0.2, 0.25) is 5.02 Å². The molecule has 1 aliphatic rings. The molecule has 1 amide bonds. The van der Waals surface area contributed by atoms with Gasteiger partial charge in [-0.05, 0) is 51.3 Å². The van der Waals surface area contributed by atoms with E-state index in [0.29, 0.717) is 24.1 Å². The lowest BCUT2D eigenvalue weighted by Crippen LogP contribution is -2.20. The fraction of sp³-hybridized carbons (Fsp3) is 0.389. The van der Waals surface area contributed by atoms with E-state index < -0.39 is 18.0 Å². The molecule has 0 unspecified atom stereocenters. The van der Waals surface area contributed by atoms with Gasteiger partial charge in [-0.3, -0.25) is 4.79 Å². The Balaban J connectivity index is 2.22. The number of halogens is 1. The maximum absolute atomic E-state index is 12.5. The maximum Gasteiger partial charge on any atom is 0.511 e. The number of carbonyl (C=O) groups excluding carboxylic acids is 2. The van der Waals surface area contributed by atoms with Crippen LogP contribution in [0.25, 0.3) is 0 Å². The topological polar surface area (TPSA) is 102 Å². The molecule has 0 spiro atoms. The first-order valence-corrected chi connectivity index (χ1v) is 8.60. The minimum atomic E-state index is -1.45. The number of carbonyl (C=O) groups is 3. The number of esters is 1. The Labute approximate surface area is 155 Å². The molecule has 0 saturated carbocycles. The Morgan fingerprint density at radius 1 is 1.19 bits per heavy atom. The summed E-state index contributed by atoms with van der Waals surface area (Å²) in [6.45, 7) is 3.44. The normalized spacial score (nSPS) is 14.2. The second-order valence-corrected chi connectivity index (χ2v) is 6.49. The predicted molar refractivity (Wildman–Crippen MR) is 95.2 cm³/mol. The molecule has 0 aliphatic heterocycles. The number of carboxylic acid groups (broad SMARTS) is 1. The molecule has 26 heavy (non-hydrogen) atoms. The van der Waals surface area contributed by atoms with Crippen LogP contribution in [-0.4, -0.2) is 29.2 Å². The Morgan fingerprint density at radius 3 is 2.54 bits per heavy atom. The lowest BCUT2D eigenvalue weighted by Gasteiger charge is -2.18. The highest BCUT2D eigenvalue weighted by Gasteiger charge is 2.23. The van der Waals surface area contributed by atoms with Crippen molar-refractivity contribution < 1.29 is 29.0 Å². The number of hydrogen-bond donors (Lipinski definition) is 2. The minimum absolute atomic E-state index is 0.137. The summed E-state index contributed by atoms with van der Waals surface area (Å²) in [6.07, 6.45) is 0.580. The van der Waals surface area contributed by atoms with Crippen LogP contribution in [0, 0.1) is 0 Å². The Kier molecular flexibility index (Phi) is 6.63. The average molecular weight is 382 g/mol. The zero-order chi connectivity index (χ0) is 19.3. The third-order valence-corrected chi connectivity index (χ3v) is 4.02. The smallest absolute Gasteiger partial charge is 0.459 e. The van der Waals surface area contributed by atoms with Gasteiger partial charge in [0.1, 0.15) is 5.76 Å². The maximum atomic E-state index is 12.5. The summed E-state index contributed by atoms with van der Waals surface area (Å²) in [4.78, 5) is 35.4. The summed E-state index contributed by atoms with van der Waals surface area (Å²) >= 11 is 6.03. The van der Waals surface area contributed by atoms with E-state index in [1.165, 1.54) is 12.1 Å². The minimum Gasteiger partial charge on any atom is -0.459 e. The molecule has 140 valence electrons. The van der Waals surface area contributed by atoms with Crippen molar-refractivity contribution in [1.29, 1.82) is 0 Å².